The van der Waals surface area contributed by atoms with Gasteiger partial charge in [0.1, 0.15) is 5.75 Å². The lowest BCUT2D eigenvalue weighted by atomic mass is 10.1. The number of Topliss-reactive ketones (excluding diaryl/α,β-unsaturated/α-hetero) is 1. The van der Waals surface area contributed by atoms with Crippen LogP contribution in [0.2, 0.25) is 0 Å². The van der Waals surface area contributed by atoms with Crippen LogP contribution in [0.1, 0.15) is 48.5 Å². The number of ether oxygens (including phenoxy) is 1. The first-order valence-corrected chi connectivity index (χ1v) is 6.47. The molecule has 1 N–H and O–H groups in total. The molecule has 0 aromatic heterocycles. The average molecular weight is 264 g/mol. The second-order valence-corrected chi connectivity index (χ2v) is 4.61. The zero-order valence-corrected chi connectivity index (χ0v) is 11.4. The highest BCUT2D eigenvalue weighted by Gasteiger charge is 2.08. The summed E-state index contributed by atoms with van der Waals surface area (Å²) in [5.41, 5.74) is 1.63. The van der Waals surface area contributed by atoms with E-state index in [0.717, 1.165) is 18.4 Å². The summed E-state index contributed by atoms with van der Waals surface area (Å²) in [4.78, 5) is 21.8. The number of hydrogen-bond donors (Lipinski definition) is 1. The first-order valence-electron chi connectivity index (χ1n) is 6.47. The first kappa shape index (κ1) is 15.2. The number of carbonyl (C=O) groups excluding carboxylic acids is 1. The summed E-state index contributed by atoms with van der Waals surface area (Å²) in [6.07, 6.45) is 2.46. The van der Waals surface area contributed by atoms with E-state index in [1.165, 1.54) is 6.92 Å². The molecule has 0 aliphatic rings. The fraction of sp³-hybridized carbons (Fsp3) is 0.467. The van der Waals surface area contributed by atoms with Gasteiger partial charge in [-0.15, -0.1) is 0 Å². The van der Waals surface area contributed by atoms with E-state index < -0.39 is 5.97 Å². The summed E-state index contributed by atoms with van der Waals surface area (Å²) in [6.45, 7) is 3.96. The SMILES string of the molecule is CC(=O)c1cc(C)ccc1OCCCCCC(=O)O. The van der Waals surface area contributed by atoms with Gasteiger partial charge >= 0.3 is 5.97 Å². The molecule has 0 atom stereocenters. The fourth-order valence-corrected chi connectivity index (χ4v) is 1.78. The molecule has 0 saturated carbocycles. The number of carbonyl (C=O) groups is 2. The van der Waals surface area contributed by atoms with Crippen LogP contribution >= 0.6 is 0 Å². The molecular weight excluding hydrogens is 244 g/mol. The largest absolute Gasteiger partial charge is 0.493 e. The van der Waals surface area contributed by atoms with E-state index in [1.54, 1.807) is 0 Å². The van der Waals surface area contributed by atoms with Crippen LogP contribution in [-0.2, 0) is 4.79 Å². The van der Waals surface area contributed by atoms with Crippen molar-refractivity contribution < 1.29 is 19.4 Å². The Labute approximate surface area is 113 Å². The molecule has 1 aromatic rings. The number of ketones is 1. The molecule has 4 heteroatoms. The lowest BCUT2D eigenvalue weighted by molar-refractivity contribution is -0.137. The quantitative estimate of drug-likeness (QED) is 0.578. The Morgan fingerprint density at radius 2 is 1.95 bits per heavy atom. The van der Waals surface area contributed by atoms with E-state index in [9.17, 15) is 9.59 Å². The van der Waals surface area contributed by atoms with Crippen molar-refractivity contribution in [3.05, 3.63) is 29.3 Å². The normalized spacial score (nSPS) is 10.2. The number of aliphatic carboxylic acids is 1. The summed E-state index contributed by atoms with van der Waals surface area (Å²) < 4.78 is 5.59. The molecule has 0 aliphatic heterocycles. The third kappa shape index (κ3) is 5.55. The highest BCUT2D eigenvalue weighted by Crippen LogP contribution is 2.21. The first-order chi connectivity index (χ1) is 9.00. The Balaban J connectivity index is 2.41. The highest BCUT2D eigenvalue weighted by atomic mass is 16.5. The molecule has 0 heterocycles. The van der Waals surface area contributed by atoms with Gasteiger partial charge in [-0.3, -0.25) is 9.59 Å². The number of benzene rings is 1. The summed E-state index contributed by atoms with van der Waals surface area (Å²) in [7, 11) is 0. The molecule has 0 unspecified atom stereocenters. The van der Waals surface area contributed by atoms with Gasteiger partial charge in [-0.2, -0.15) is 0 Å². The lowest BCUT2D eigenvalue weighted by Crippen LogP contribution is -2.03. The number of hydrogen-bond acceptors (Lipinski definition) is 3. The van der Waals surface area contributed by atoms with Gasteiger partial charge in [0, 0.05) is 6.42 Å². The van der Waals surface area contributed by atoms with Crippen LogP contribution in [0.3, 0.4) is 0 Å². The Morgan fingerprint density at radius 1 is 1.21 bits per heavy atom. The minimum atomic E-state index is -0.765. The molecule has 0 bridgehead atoms. The van der Waals surface area contributed by atoms with Crippen molar-refractivity contribution in [2.75, 3.05) is 6.61 Å². The van der Waals surface area contributed by atoms with Crippen LogP contribution in [0.15, 0.2) is 18.2 Å². The van der Waals surface area contributed by atoms with Crippen molar-refractivity contribution in [2.24, 2.45) is 0 Å². The fourth-order valence-electron chi connectivity index (χ4n) is 1.78. The van der Waals surface area contributed by atoms with Crippen LogP contribution < -0.4 is 4.74 Å². The van der Waals surface area contributed by atoms with Crippen LogP contribution in [0.5, 0.6) is 5.75 Å². The van der Waals surface area contributed by atoms with Gasteiger partial charge in [0.15, 0.2) is 5.78 Å². The molecule has 0 amide bonds. The zero-order valence-electron chi connectivity index (χ0n) is 11.4. The Morgan fingerprint density at radius 3 is 2.58 bits per heavy atom. The van der Waals surface area contributed by atoms with E-state index in [0.29, 0.717) is 24.3 Å². The third-order valence-corrected chi connectivity index (χ3v) is 2.81. The van der Waals surface area contributed by atoms with Gasteiger partial charge in [0.2, 0.25) is 0 Å². The predicted molar refractivity (Wildman–Crippen MR) is 72.8 cm³/mol. The van der Waals surface area contributed by atoms with Crippen molar-refractivity contribution in [1.82, 2.24) is 0 Å². The van der Waals surface area contributed by atoms with E-state index in [4.69, 9.17) is 9.84 Å². The molecule has 0 radical (unpaired) electrons. The van der Waals surface area contributed by atoms with Gasteiger partial charge in [-0.25, -0.2) is 0 Å². The van der Waals surface area contributed by atoms with E-state index in [2.05, 4.69) is 0 Å². The lowest BCUT2D eigenvalue weighted by Gasteiger charge is -2.10. The van der Waals surface area contributed by atoms with E-state index >= 15 is 0 Å². The minimum Gasteiger partial charge on any atom is -0.493 e. The van der Waals surface area contributed by atoms with Gasteiger partial charge in [-0.05, 0) is 45.2 Å². The smallest absolute Gasteiger partial charge is 0.303 e. The number of unbranched alkanes of at least 4 members (excludes halogenated alkanes) is 2. The number of aryl methyl sites for hydroxylation is 1. The van der Waals surface area contributed by atoms with Gasteiger partial charge in [-0.1, -0.05) is 11.6 Å². The third-order valence-electron chi connectivity index (χ3n) is 2.81. The molecule has 0 aliphatic carbocycles. The summed E-state index contributed by atoms with van der Waals surface area (Å²) in [6, 6.07) is 5.54. The van der Waals surface area contributed by atoms with Crippen LogP contribution in [-0.4, -0.2) is 23.5 Å². The topological polar surface area (TPSA) is 63.6 Å². The molecule has 19 heavy (non-hydrogen) atoms. The molecule has 0 spiro atoms. The highest BCUT2D eigenvalue weighted by molar-refractivity contribution is 5.97. The molecule has 4 nitrogen and oxygen atoms in total. The van der Waals surface area contributed by atoms with Crippen molar-refractivity contribution in [2.45, 2.75) is 39.5 Å². The zero-order chi connectivity index (χ0) is 14.3. The Hall–Kier alpha value is -1.84. The molecule has 0 fully saturated rings. The van der Waals surface area contributed by atoms with Gasteiger partial charge in [0.05, 0.1) is 12.2 Å². The van der Waals surface area contributed by atoms with Crippen molar-refractivity contribution >= 4 is 11.8 Å². The molecule has 1 rings (SSSR count). The molecular formula is C15H20O4. The van der Waals surface area contributed by atoms with Gasteiger partial charge in [0.25, 0.3) is 0 Å². The minimum absolute atomic E-state index is 0.00965. The second kappa shape index (κ2) is 7.56. The average Bonchev–Trinajstić information content (AvgIpc) is 2.34. The summed E-state index contributed by atoms with van der Waals surface area (Å²) in [5, 5.41) is 8.50. The van der Waals surface area contributed by atoms with Crippen molar-refractivity contribution in [3.8, 4) is 5.75 Å². The monoisotopic (exact) mass is 264 g/mol. The predicted octanol–water partition coefficient (Wildman–Crippen LogP) is 3.22. The number of carboxylic acid groups (broad SMARTS) is 1. The second-order valence-electron chi connectivity index (χ2n) is 4.61. The number of carboxylic acids is 1. The van der Waals surface area contributed by atoms with E-state index in [1.807, 2.05) is 25.1 Å². The Bertz CT molecular complexity index is 451. The standard InChI is InChI=1S/C15H20O4/c1-11-7-8-14(13(10-11)12(2)16)19-9-5-3-4-6-15(17)18/h7-8,10H,3-6,9H2,1-2H3,(H,17,18). The van der Waals surface area contributed by atoms with Crippen LogP contribution in [0, 0.1) is 6.92 Å². The maximum absolute atomic E-state index is 11.5. The molecule has 1 aromatic carbocycles. The maximum Gasteiger partial charge on any atom is 0.303 e. The van der Waals surface area contributed by atoms with Gasteiger partial charge < -0.3 is 9.84 Å². The van der Waals surface area contributed by atoms with E-state index in [-0.39, 0.29) is 12.2 Å². The number of rotatable bonds is 8. The summed E-state index contributed by atoms with van der Waals surface area (Å²) >= 11 is 0. The van der Waals surface area contributed by atoms with Crippen LogP contribution in [0.25, 0.3) is 0 Å². The Kier molecular flexibility index (Phi) is 6.06. The maximum atomic E-state index is 11.5. The van der Waals surface area contributed by atoms with Crippen LogP contribution in [0.4, 0.5) is 0 Å². The van der Waals surface area contributed by atoms with Crippen molar-refractivity contribution in [3.63, 3.8) is 0 Å². The molecule has 0 saturated heterocycles. The summed E-state index contributed by atoms with van der Waals surface area (Å²) in [5.74, 6) is -0.167. The molecule has 104 valence electrons. The van der Waals surface area contributed by atoms with Crippen molar-refractivity contribution in [1.29, 1.82) is 0 Å².